The van der Waals surface area contributed by atoms with Crippen LogP contribution in [0.1, 0.15) is 25.7 Å². The molecule has 0 aromatic rings. The molecular formula is C10H16N2O2. The molecule has 2 bridgehead atoms. The number of fused-ring (bicyclic) bond motifs is 2. The van der Waals surface area contributed by atoms with Gasteiger partial charge in [-0.25, -0.2) is 4.79 Å². The summed E-state index contributed by atoms with van der Waals surface area (Å²) in [5, 5.41) is 6.18. The lowest BCUT2D eigenvalue weighted by Gasteiger charge is -2.55. The van der Waals surface area contributed by atoms with E-state index in [-0.39, 0.29) is 11.7 Å². The average molecular weight is 196 g/mol. The van der Waals surface area contributed by atoms with E-state index in [0.717, 1.165) is 38.8 Å². The minimum Gasteiger partial charge on any atom is -0.442 e. The SMILES string of the molecule is O=C1NC2CC(C3CCNCC3)(C2)O1. The zero-order valence-electron chi connectivity index (χ0n) is 8.21. The number of nitrogens with one attached hydrogen (secondary N) is 2. The highest BCUT2D eigenvalue weighted by Crippen LogP contribution is 2.47. The van der Waals surface area contributed by atoms with Crippen LogP contribution in [-0.4, -0.2) is 30.8 Å². The first kappa shape index (κ1) is 8.53. The molecule has 4 heteroatoms. The molecule has 0 unspecified atom stereocenters. The van der Waals surface area contributed by atoms with Crippen LogP contribution in [0, 0.1) is 5.92 Å². The molecule has 1 amide bonds. The van der Waals surface area contributed by atoms with Crippen molar-refractivity contribution >= 4 is 6.09 Å². The van der Waals surface area contributed by atoms with Crippen LogP contribution in [0.2, 0.25) is 0 Å². The van der Waals surface area contributed by atoms with Crippen molar-refractivity contribution in [3.05, 3.63) is 0 Å². The van der Waals surface area contributed by atoms with Gasteiger partial charge in [0, 0.05) is 24.8 Å². The Hall–Kier alpha value is -0.770. The fourth-order valence-corrected chi connectivity index (χ4v) is 3.11. The van der Waals surface area contributed by atoms with Gasteiger partial charge in [0.2, 0.25) is 0 Å². The molecule has 78 valence electrons. The van der Waals surface area contributed by atoms with Gasteiger partial charge < -0.3 is 15.4 Å². The minimum atomic E-state index is -0.203. The molecule has 14 heavy (non-hydrogen) atoms. The van der Waals surface area contributed by atoms with Crippen molar-refractivity contribution in [3.63, 3.8) is 0 Å². The Morgan fingerprint density at radius 1 is 1.29 bits per heavy atom. The molecule has 3 heterocycles. The summed E-state index contributed by atoms with van der Waals surface area (Å²) in [6, 6.07) is 0.395. The topological polar surface area (TPSA) is 50.4 Å². The third kappa shape index (κ3) is 1.13. The van der Waals surface area contributed by atoms with Gasteiger partial charge >= 0.3 is 6.09 Å². The molecule has 2 N–H and O–H groups in total. The zero-order valence-corrected chi connectivity index (χ0v) is 8.21. The second-order valence-corrected chi connectivity index (χ2v) is 4.73. The van der Waals surface area contributed by atoms with E-state index in [1.807, 2.05) is 0 Å². The molecule has 0 radical (unpaired) electrons. The number of rotatable bonds is 1. The predicted molar refractivity (Wildman–Crippen MR) is 51.0 cm³/mol. The Labute approximate surface area is 83.4 Å². The van der Waals surface area contributed by atoms with Crippen molar-refractivity contribution < 1.29 is 9.53 Å². The highest BCUT2D eigenvalue weighted by molar-refractivity contribution is 5.70. The number of carbonyl (C=O) groups is 1. The first-order valence-electron chi connectivity index (χ1n) is 5.49. The standard InChI is InChI=1S/C10H16N2O2/c13-9-12-8-5-10(6-8,14-9)7-1-3-11-4-2-7/h7-8,11H,1-6H2,(H,12,13). The molecule has 0 aromatic carbocycles. The molecule has 1 aliphatic carbocycles. The van der Waals surface area contributed by atoms with Crippen LogP contribution in [-0.2, 0) is 4.74 Å². The number of amides is 1. The highest BCUT2D eigenvalue weighted by Gasteiger charge is 2.56. The molecule has 0 spiro atoms. The fourth-order valence-electron chi connectivity index (χ4n) is 3.11. The van der Waals surface area contributed by atoms with Crippen LogP contribution in [0.3, 0.4) is 0 Å². The van der Waals surface area contributed by atoms with Crippen LogP contribution in [0.5, 0.6) is 0 Å². The van der Waals surface area contributed by atoms with Gasteiger partial charge in [-0.05, 0) is 25.9 Å². The van der Waals surface area contributed by atoms with Gasteiger partial charge in [-0.15, -0.1) is 0 Å². The van der Waals surface area contributed by atoms with E-state index in [1.54, 1.807) is 0 Å². The van der Waals surface area contributed by atoms with Crippen molar-refractivity contribution in [3.8, 4) is 0 Å². The van der Waals surface area contributed by atoms with E-state index < -0.39 is 0 Å². The summed E-state index contributed by atoms with van der Waals surface area (Å²) in [7, 11) is 0. The van der Waals surface area contributed by atoms with Crippen molar-refractivity contribution in [2.24, 2.45) is 5.92 Å². The molecule has 4 fully saturated rings. The highest BCUT2D eigenvalue weighted by atomic mass is 16.6. The second kappa shape index (κ2) is 2.86. The molecule has 3 saturated heterocycles. The summed E-state index contributed by atoms with van der Waals surface area (Å²) >= 11 is 0. The quantitative estimate of drug-likeness (QED) is 0.646. The Kier molecular flexibility index (Phi) is 1.74. The summed E-state index contributed by atoms with van der Waals surface area (Å²) in [5.41, 5.74) is -0.0882. The monoisotopic (exact) mass is 196 g/mol. The van der Waals surface area contributed by atoms with Crippen molar-refractivity contribution in [2.75, 3.05) is 13.1 Å². The molecule has 4 rings (SSSR count). The van der Waals surface area contributed by atoms with E-state index in [9.17, 15) is 4.79 Å². The van der Waals surface area contributed by atoms with Crippen molar-refractivity contribution in [1.29, 1.82) is 0 Å². The molecule has 0 aromatic heterocycles. The largest absolute Gasteiger partial charge is 0.442 e. The fraction of sp³-hybridized carbons (Fsp3) is 0.900. The molecule has 1 saturated carbocycles. The van der Waals surface area contributed by atoms with Crippen LogP contribution in [0.25, 0.3) is 0 Å². The smallest absolute Gasteiger partial charge is 0.407 e. The summed E-state index contributed by atoms with van der Waals surface area (Å²) in [5.74, 6) is 0.589. The lowest BCUT2D eigenvalue weighted by molar-refractivity contribution is -0.141. The maximum Gasteiger partial charge on any atom is 0.407 e. The minimum absolute atomic E-state index is 0.0882. The van der Waals surface area contributed by atoms with E-state index >= 15 is 0 Å². The number of hydrogen-bond donors (Lipinski definition) is 2. The summed E-state index contributed by atoms with van der Waals surface area (Å²) in [6.45, 7) is 2.14. The zero-order chi connectivity index (χ0) is 9.60. The molecule has 4 nitrogen and oxygen atoms in total. The average Bonchev–Trinajstić information content (AvgIpc) is 2.17. The number of alkyl carbamates (subject to hydrolysis) is 1. The maximum atomic E-state index is 11.2. The van der Waals surface area contributed by atoms with Gasteiger partial charge in [0.25, 0.3) is 0 Å². The van der Waals surface area contributed by atoms with Gasteiger partial charge in [-0.2, -0.15) is 0 Å². The number of ether oxygens (including phenoxy) is 1. The van der Waals surface area contributed by atoms with Gasteiger partial charge in [0.1, 0.15) is 5.60 Å². The normalized spacial score (nSPS) is 42.3. The first-order valence-corrected chi connectivity index (χ1v) is 5.49. The Morgan fingerprint density at radius 2 is 2.00 bits per heavy atom. The summed E-state index contributed by atoms with van der Waals surface area (Å²) < 4.78 is 5.50. The Morgan fingerprint density at radius 3 is 2.64 bits per heavy atom. The number of piperidine rings is 1. The number of hydrogen-bond acceptors (Lipinski definition) is 3. The van der Waals surface area contributed by atoms with Gasteiger partial charge in [0.15, 0.2) is 0 Å². The molecule has 4 aliphatic rings. The lowest BCUT2D eigenvalue weighted by Crippen LogP contribution is -2.67. The first-order chi connectivity index (χ1) is 6.78. The van der Waals surface area contributed by atoms with Gasteiger partial charge in [0.05, 0.1) is 0 Å². The third-order valence-electron chi connectivity index (χ3n) is 3.88. The van der Waals surface area contributed by atoms with E-state index in [4.69, 9.17) is 4.74 Å². The van der Waals surface area contributed by atoms with Gasteiger partial charge in [-0.3, -0.25) is 0 Å². The molecule has 3 aliphatic heterocycles. The summed E-state index contributed by atoms with van der Waals surface area (Å²) in [4.78, 5) is 11.2. The van der Waals surface area contributed by atoms with E-state index in [2.05, 4.69) is 10.6 Å². The lowest BCUT2D eigenvalue weighted by atomic mass is 9.64. The molecular weight excluding hydrogens is 180 g/mol. The maximum absolute atomic E-state index is 11.2. The van der Waals surface area contributed by atoms with Crippen LogP contribution >= 0.6 is 0 Å². The summed E-state index contributed by atoms with van der Waals surface area (Å²) in [6.07, 6.45) is 4.17. The van der Waals surface area contributed by atoms with Crippen molar-refractivity contribution in [2.45, 2.75) is 37.3 Å². The van der Waals surface area contributed by atoms with Crippen LogP contribution in [0.15, 0.2) is 0 Å². The Balaban J connectivity index is 1.73. The Bertz CT molecular complexity index is 255. The van der Waals surface area contributed by atoms with Crippen LogP contribution in [0.4, 0.5) is 4.79 Å². The molecule has 0 atom stereocenters. The van der Waals surface area contributed by atoms with E-state index in [1.165, 1.54) is 0 Å². The predicted octanol–water partition coefficient (Wildman–Crippen LogP) is 0.627. The van der Waals surface area contributed by atoms with Crippen molar-refractivity contribution in [1.82, 2.24) is 10.6 Å². The van der Waals surface area contributed by atoms with E-state index in [0.29, 0.717) is 12.0 Å². The third-order valence-corrected chi connectivity index (χ3v) is 3.88. The second-order valence-electron chi connectivity index (χ2n) is 4.73. The van der Waals surface area contributed by atoms with Gasteiger partial charge in [-0.1, -0.05) is 0 Å². The number of carbonyl (C=O) groups excluding carboxylic acids is 1. The van der Waals surface area contributed by atoms with Crippen LogP contribution < -0.4 is 10.6 Å².